The Morgan fingerprint density at radius 1 is 1.27 bits per heavy atom. The fraction of sp³-hybridized carbons (Fsp3) is 0.400. The van der Waals surface area contributed by atoms with Gasteiger partial charge in [-0.3, -0.25) is 0 Å². The summed E-state index contributed by atoms with van der Waals surface area (Å²) in [6.45, 7) is 0. The van der Waals surface area contributed by atoms with Crippen LogP contribution in [0.5, 0.6) is 0 Å². The molecular weight excluding hydrogens is 287 g/mol. The maximum Gasteiger partial charge on any atom is 0.292 e. The number of fused-ring (bicyclic) bond motifs is 1. The van der Waals surface area contributed by atoms with Gasteiger partial charge in [-0.15, -0.1) is 0 Å². The molecule has 0 aromatic heterocycles. The molecule has 2 aliphatic rings. The van der Waals surface area contributed by atoms with Gasteiger partial charge in [-0.05, 0) is 17.7 Å². The molecule has 3 atom stereocenters. The Morgan fingerprint density at radius 2 is 1.95 bits per heavy atom. The largest absolute Gasteiger partial charge is 0.386 e. The van der Waals surface area contributed by atoms with Crippen LogP contribution in [0.4, 0.5) is 4.39 Å². The molecule has 1 heterocycles. The number of aliphatic imine (C=N–C) groups is 1. The lowest BCUT2D eigenvalue weighted by atomic mass is 9.93. The van der Waals surface area contributed by atoms with Crippen molar-refractivity contribution in [3.05, 3.63) is 35.6 Å². The van der Waals surface area contributed by atoms with E-state index >= 15 is 0 Å². The Hall–Kier alpha value is -2.48. The Morgan fingerprint density at radius 3 is 2.45 bits per heavy atom. The van der Waals surface area contributed by atoms with E-state index in [4.69, 9.17) is 15.2 Å². The highest BCUT2D eigenvalue weighted by molar-refractivity contribution is 6.00. The first-order valence-corrected chi connectivity index (χ1v) is 6.53. The first-order valence-electron chi connectivity index (χ1n) is 6.53. The van der Waals surface area contributed by atoms with Gasteiger partial charge in [0.05, 0.1) is 12.1 Å². The molecule has 0 amide bonds. The quantitative estimate of drug-likeness (QED) is 0.846. The lowest BCUT2D eigenvalue weighted by Crippen LogP contribution is -2.41. The number of nitrogens with two attached hydrogens (primary N) is 1. The molecule has 0 saturated heterocycles. The minimum atomic E-state index is -1.68. The molecule has 112 valence electrons. The van der Waals surface area contributed by atoms with Gasteiger partial charge in [-0.25, -0.2) is 9.38 Å². The van der Waals surface area contributed by atoms with E-state index in [1.165, 1.54) is 32.4 Å². The fourth-order valence-electron chi connectivity index (χ4n) is 3.71. The van der Waals surface area contributed by atoms with Gasteiger partial charge < -0.3 is 15.2 Å². The van der Waals surface area contributed by atoms with Crippen LogP contribution in [0.2, 0.25) is 0 Å². The van der Waals surface area contributed by atoms with Crippen LogP contribution in [0.3, 0.4) is 0 Å². The summed E-state index contributed by atoms with van der Waals surface area (Å²) in [5.41, 5.74) is 3.59. The zero-order valence-electron chi connectivity index (χ0n) is 12.0. The highest BCUT2D eigenvalue weighted by Crippen LogP contribution is 2.81. The van der Waals surface area contributed by atoms with E-state index in [-0.39, 0.29) is 5.84 Å². The topological polar surface area (TPSA) is 104 Å². The van der Waals surface area contributed by atoms with Crippen molar-refractivity contribution in [2.24, 2.45) is 21.6 Å². The van der Waals surface area contributed by atoms with Crippen LogP contribution in [0.25, 0.3) is 0 Å². The van der Waals surface area contributed by atoms with E-state index in [0.717, 1.165) is 0 Å². The highest BCUT2D eigenvalue weighted by atomic mass is 19.1. The predicted molar refractivity (Wildman–Crippen MR) is 73.6 cm³/mol. The van der Waals surface area contributed by atoms with Crippen molar-refractivity contribution in [2.75, 3.05) is 14.2 Å². The van der Waals surface area contributed by atoms with Crippen LogP contribution in [0.15, 0.2) is 29.3 Å². The molecule has 0 spiro atoms. The average molecular weight is 300 g/mol. The third-order valence-corrected chi connectivity index (χ3v) is 4.66. The molecule has 3 rings (SSSR count). The minimum absolute atomic E-state index is 0.0329. The van der Waals surface area contributed by atoms with Crippen molar-refractivity contribution < 1.29 is 13.9 Å². The van der Waals surface area contributed by atoms with Gasteiger partial charge in [0.2, 0.25) is 0 Å². The second-order valence-electron chi connectivity index (χ2n) is 5.31. The maximum absolute atomic E-state index is 13.6. The van der Waals surface area contributed by atoms with Gasteiger partial charge in [0.25, 0.3) is 5.91 Å². The minimum Gasteiger partial charge on any atom is -0.386 e. The molecule has 0 radical (unpaired) electrons. The lowest BCUT2D eigenvalue weighted by molar-refractivity contribution is -0.230. The van der Waals surface area contributed by atoms with Crippen molar-refractivity contribution in [2.45, 2.75) is 11.8 Å². The van der Waals surface area contributed by atoms with Gasteiger partial charge in [-0.1, -0.05) is 12.1 Å². The highest BCUT2D eigenvalue weighted by Gasteiger charge is 2.93. The molecule has 0 bridgehead atoms. The molecule has 1 aromatic rings. The molecule has 7 heteroatoms. The number of amidine groups is 1. The Labute approximate surface area is 126 Å². The smallest absolute Gasteiger partial charge is 0.292 e. The maximum atomic E-state index is 13.6. The van der Waals surface area contributed by atoms with Crippen molar-refractivity contribution in [3.63, 3.8) is 0 Å². The molecule has 22 heavy (non-hydrogen) atoms. The number of hydrogen-bond acceptors (Lipinski definition) is 6. The lowest BCUT2D eigenvalue weighted by Gasteiger charge is -2.29. The number of nitrogens with zero attached hydrogens (tertiary/aromatic N) is 3. The Kier molecular flexibility index (Phi) is 2.80. The van der Waals surface area contributed by atoms with Crippen molar-refractivity contribution >= 4 is 5.84 Å². The Balaban J connectivity index is 2.26. The van der Waals surface area contributed by atoms with E-state index < -0.39 is 28.5 Å². The van der Waals surface area contributed by atoms with Crippen LogP contribution < -0.4 is 5.73 Å². The van der Waals surface area contributed by atoms with Gasteiger partial charge in [0.15, 0.2) is 5.41 Å². The standard InChI is InChI=1S/C15H13FN4O2/c1-21-15(22-2)14(8-18)11(9-4-3-5-10(16)6-9)13(14,7-17)12(19)20-15/h3-6,11H,1-2H3,(H2,19,20)/t11-,13+,14+/m0/s1. The van der Waals surface area contributed by atoms with Gasteiger partial charge in [0, 0.05) is 20.1 Å². The summed E-state index contributed by atoms with van der Waals surface area (Å²) in [6, 6.07) is 9.93. The second-order valence-corrected chi connectivity index (χ2v) is 5.31. The number of nitriles is 2. The molecule has 1 aliphatic carbocycles. The van der Waals surface area contributed by atoms with Crippen molar-refractivity contribution in [1.29, 1.82) is 10.5 Å². The van der Waals surface area contributed by atoms with Crippen molar-refractivity contribution in [1.82, 2.24) is 0 Å². The number of benzene rings is 1. The molecule has 0 unspecified atom stereocenters. The first-order chi connectivity index (χ1) is 10.5. The number of rotatable bonds is 3. The first kappa shape index (κ1) is 14.5. The van der Waals surface area contributed by atoms with E-state index in [2.05, 4.69) is 17.1 Å². The predicted octanol–water partition coefficient (Wildman–Crippen LogP) is 1.26. The fourth-order valence-corrected chi connectivity index (χ4v) is 3.71. The molecule has 1 fully saturated rings. The Bertz CT molecular complexity index is 762. The molecule has 1 aromatic carbocycles. The summed E-state index contributed by atoms with van der Waals surface area (Å²) in [7, 11) is 2.65. The molecule has 1 aliphatic heterocycles. The van der Waals surface area contributed by atoms with Gasteiger partial charge in [-0.2, -0.15) is 10.5 Å². The normalized spacial score (nSPS) is 34.2. The van der Waals surface area contributed by atoms with E-state index in [1.807, 2.05) is 0 Å². The van der Waals surface area contributed by atoms with Crippen LogP contribution in [0, 0.1) is 39.3 Å². The third kappa shape index (κ3) is 1.22. The third-order valence-electron chi connectivity index (χ3n) is 4.66. The van der Waals surface area contributed by atoms with Crippen molar-refractivity contribution in [3.8, 4) is 12.1 Å². The summed E-state index contributed by atoms with van der Waals surface area (Å²) < 4.78 is 24.2. The summed E-state index contributed by atoms with van der Waals surface area (Å²) in [5.74, 6) is -2.85. The number of ether oxygens (including phenoxy) is 2. The number of hydrogen-bond donors (Lipinski definition) is 1. The SMILES string of the molecule is COC1(OC)N=C(N)[C@@]2(C#N)[C@H](c3cccc(F)c3)[C@@]12C#N. The second kappa shape index (κ2) is 4.26. The van der Waals surface area contributed by atoms with Crippen LogP contribution in [-0.4, -0.2) is 26.0 Å². The average Bonchev–Trinajstić information content (AvgIpc) is 3.11. The van der Waals surface area contributed by atoms with Crippen LogP contribution in [-0.2, 0) is 9.47 Å². The van der Waals surface area contributed by atoms with Gasteiger partial charge >= 0.3 is 0 Å². The monoisotopic (exact) mass is 300 g/mol. The van der Waals surface area contributed by atoms with E-state index in [1.54, 1.807) is 6.07 Å². The van der Waals surface area contributed by atoms with Crippen LogP contribution >= 0.6 is 0 Å². The van der Waals surface area contributed by atoms with Crippen LogP contribution in [0.1, 0.15) is 11.5 Å². The molecular formula is C15H13FN4O2. The molecule has 6 nitrogen and oxygen atoms in total. The summed E-state index contributed by atoms with van der Waals surface area (Å²) in [5, 5.41) is 19.5. The van der Waals surface area contributed by atoms with Gasteiger partial charge in [0.1, 0.15) is 17.1 Å². The summed E-state index contributed by atoms with van der Waals surface area (Å²) in [6.07, 6.45) is 0. The molecule has 1 saturated carbocycles. The number of halogens is 1. The zero-order chi connectivity index (χ0) is 16.2. The van der Waals surface area contributed by atoms with E-state index in [9.17, 15) is 14.9 Å². The summed E-state index contributed by atoms with van der Waals surface area (Å²) in [4.78, 5) is 4.08. The molecule has 2 N–H and O–H groups in total. The number of methoxy groups -OCH3 is 2. The zero-order valence-corrected chi connectivity index (χ0v) is 12.0. The van der Waals surface area contributed by atoms with E-state index in [0.29, 0.717) is 5.56 Å². The summed E-state index contributed by atoms with van der Waals surface area (Å²) >= 11 is 0.